The number of nitrogens with zero attached hydrogens (tertiary/aromatic N) is 2. The standard InChI is InChI=1S/C22H23N3O5S/c1-29-15-8-6-14(7-9-15)24-18(26)12-30-19(27)10-11-25-13-23-21-20(22(25)28)16-4-2-3-5-17(16)31-21/h6-9,13H,2-5,10-12H2,1H3,(H,24,26). The van der Waals surface area contributed by atoms with Gasteiger partial charge in [-0.3, -0.25) is 19.0 Å². The molecule has 0 unspecified atom stereocenters. The normalized spacial score (nSPS) is 12.9. The molecule has 0 fully saturated rings. The van der Waals surface area contributed by atoms with Gasteiger partial charge in [0, 0.05) is 17.1 Å². The molecule has 0 radical (unpaired) electrons. The first-order valence-corrected chi connectivity index (χ1v) is 11.0. The maximum absolute atomic E-state index is 12.9. The fourth-order valence-corrected chi connectivity index (χ4v) is 4.86. The topological polar surface area (TPSA) is 99.5 Å². The first-order chi connectivity index (χ1) is 15.0. The maximum atomic E-state index is 12.9. The molecule has 3 aromatic rings. The highest BCUT2D eigenvalue weighted by molar-refractivity contribution is 7.18. The molecular formula is C22H23N3O5S. The molecule has 2 heterocycles. The zero-order valence-electron chi connectivity index (χ0n) is 17.2. The molecule has 1 aliphatic carbocycles. The molecule has 0 spiro atoms. The fraction of sp³-hybridized carbons (Fsp3) is 0.364. The van der Waals surface area contributed by atoms with Crippen LogP contribution in [0.15, 0.2) is 35.4 Å². The average Bonchev–Trinajstić information content (AvgIpc) is 3.17. The van der Waals surface area contributed by atoms with E-state index in [1.54, 1.807) is 42.7 Å². The Bertz CT molecular complexity index is 1170. The van der Waals surface area contributed by atoms with Gasteiger partial charge in [0.25, 0.3) is 11.5 Å². The van der Waals surface area contributed by atoms with Crippen LogP contribution >= 0.6 is 11.3 Å². The van der Waals surface area contributed by atoms with Crippen molar-refractivity contribution in [2.75, 3.05) is 19.0 Å². The maximum Gasteiger partial charge on any atom is 0.308 e. The Kier molecular flexibility index (Phi) is 6.31. The Balaban J connectivity index is 1.31. The lowest BCUT2D eigenvalue weighted by Gasteiger charge is -2.10. The Labute approximate surface area is 182 Å². The highest BCUT2D eigenvalue weighted by atomic mass is 32.1. The summed E-state index contributed by atoms with van der Waals surface area (Å²) in [5.74, 6) is -0.316. The van der Waals surface area contributed by atoms with E-state index in [1.807, 2.05) is 0 Å². The Morgan fingerprint density at radius 2 is 1.97 bits per heavy atom. The number of hydrogen-bond donors (Lipinski definition) is 1. The monoisotopic (exact) mass is 441 g/mol. The molecule has 0 saturated carbocycles. The van der Waals surface area contributed by atoms with E-state index in [9.17, 15) is 14.4 Å². The number of nitrogens with one attached hydrogen (secondary N) is 1. The third-order valence-electron chi connectivity index (χ3n) is 5.24. The number of hydrogen-bond acceptors (Lipinski definition) is 7. The first kappa shape index (κ1) is 21.0. The number of aromatic nitrogens is 2. The van der Waals surface area contributed by atoms with Gasteiger partial charge in [0.2, 0.25) is 0 Å². The highest BCUT2D eigenvalue weighted by Gasteiger charge is 2.20. The number of anilines is 1. The largest absolute Gasteiger partial charge is 0.497 e. The summed E-state index contributed by atoms with van der Waals surface area (Å²) in [5.41, 5.74) is 1.58. The predicted molar refractivity (Wildman–Crippen MR) is 118 cm³/mol. The number of amides is 1. The van der Waals surface area contributed by atoms with E-state index in [0.29, 0.717) is 16.8 Å². The summed E-state index contributed by atoms with van der Waals surface area (Å²) < 4.78 is 11.5. The smallest absolute Gasteiger partial charge is 0.308 e. The minimum atomic E-state index is -0.552. The van der Waals surface area contributed by atoms with Gasteiger partial charge < -0.3 is 14.8 Å². The van der Waals surface area contributed by atoms with Gasteiger partial charge in [0.05, 0.1) is 25.2 Å². The number of esters is 1. The highest BCUT2D eigenvalue weighted by Crippen LogP contribution is 2.33. The SMILES string of the molecule is COc1ccc(NC(=O)COC(=O)CCn2cnc3sc4c(c3c2=O)CCCC4)cc1. The summed E-state index contributed by atoms with van der Waals surface area (Å²) in [5, 5.41) is 3.33. The van der Waals surface area contributed by atoms with Crippen LogP contribution in [0.4, 0.5) is 5.69 Å². The molecule has 2 aromatic heterocycles. The lowest BCUT2D eigenvalue weighted by Crippen LogP contribution is -2.24. The van der Waals surface area contributed by atoms with Crippen molar-refractivity contribution in [2.45, 2.75) is 38.6 Å². The molecular weight excluding hydrogens is 418 g/mol. The van der Waals surface area contributed by atoms with Crippen molar-refractivity contribution in [1.29, 1.82) is 0 Å². The second-order valence-electron chi connectivity index (χ2n) is 7.32. The van der Waals surface area contributed by atoms with Crippen molar-refractivity contribution < 1.29 is 19.1 Å². The first-order valence-electron chi connectivity index (χ1n) is 10.1. The van der Waals surface area contributed by atoms with Crippen molar-refractivity contribution in [3.8, 4) is 5.75 Å². The minimum absolute atomic E-state index is 0.0186. The zero-order valence-corrected chi connectivity index (χ0v) is 18.0. The summed E-state index contributed by atoms with van der Waals surface area (Å²) in [6.07, 6.45) is 5.60. The summed E-state index contributed by atoms with van der Waals surface area (Å²) in [6, 6.07) is 6.82. The lowest BCUT2D eigenvalue weighted by atomic mass is 9.97. The van der Waals surface area contributed by atoms with E-state index in [-0.39, 0.29) is 18.5 Å². The Morgan fingerprint density at radius 3 is 2.74 bits per heavy atom. The summed E-state index contributed by atoms with van der Waals surface area (Å²) >= 11 is 1.59. The van der Waals surface area contributed by atoms with Crippen LogP contribution in [0.3, 0.4) is 0 Å². The van der Waals surface area contributed by atoms with E-state index in [2.05, 4.69) is 10.3 Å². The van der Waals surface area contributed by atoms with Crippen LogP contribution < -0.4 is 15.6 Å². The molecule has 1 amide bonds. The molecule has 1 N–H and O–H groups in total. The molecule has 0 saturated heterocycles. The number of methoxy groups -OCH3 is 1. The van der Waals surface area contributed by atoms with Gasteiger partial charge in [-0.15, -0.1) is 11.3 Å². The number of fused-ring (bicyclic) bond motifs is 3. The quantitative estimate of drug-likeness (QED) is 0.566. The summed E-state index contributed by atoms with van der Waals surface area (Å²) in [6.45, 7) is -0.236. The van der Waals surface area contributed by atoms with Crippen molar-refractivity contribution in [2.24, 2.45) is 0 Å². The molecule has 0 atom stereocenters. The number of thiophene rings is 1. The van der Waals surface area contributed by atoms with Crippen LogP contribution in [0.2, 0.25) is 0 Å². The van der Waals surface area contributed by atoms with Gasteiger partial charge in [-0.05, 0) is 55.5 Å². The van der Waals surface area contributed by atoms with Crippen LogP contribution in [-0.4, -0.2) is 35.1 Å². The van der Waals surface area contributed by atoms with Crippen molar-refractivity contribution in [3.63, 3.8) is 0 Å². The van der Waals surface area contributed by atoms with Crippen molar-refractivity contribution >= 4 is 39.1 Å². The van der Waals surface area contributed by atoms with Crippen molar-refractivity contribution in [1.82, 2.24) is 9.55 Å². The molecule has 9 heteroatoms. The predicted octanol–water partition coefficient (Wildman–Crippen LogP) is 2.92. The zero-order chi connectivity index (χ0) is 21.8. The molecule has 8 nitrogen and oxygen atoms in total. The number of carbonyl (C=O) groups is 2. The Hall–Kier alpha value is -3.20. The molecule has 1 aliphatic rings. The average molecular weight is 442 g/mol. The van der Waals surface area contributed by atoms with E-state index in [1.165, 1.54) is 15.8 Å². The van der Waals surface area contributed by atoms with Gasteiger partial charge in [-0.1, -0.05) is 0 Å². The van der Waals surface area contributed by atoms with E-state index in [4.69, 9.17) is 9.47 Å². The van der Waals surface area contributed by atoms with Gasteiger partial charge in [0.15, 0.2) is 6.61 Å². The van der Waals surface area contributed by atoms with Gasteiger partial charge in [-0.25, -0.2) is 4.98 Å². The number of ether oxygens (including phenoxy) is 2. The number of aryl methyl sites for hydroxylation is 3. The van der Waals surface area contributed by atoms with Gasteiger partial charge in [0.1, 0.15) is 10.6 Å². The van der Waals surface area contributed by atoms with Crippen LogP contribution in [0.25, 0.3) is 10.2 Å². The molecule has 4 rings (SSSR count). The second-order valence-corrected chi connectivity index (χ2v) is 8.41. The third-order valence-corrected chi connectivity index (χ3v) is 6.44. The third kappa shape index (κ3) is 4.77. The molecule has 1 aromatic carbocycles. The van der Waals surface area contributed by atoms with E-state index < -0.39 is 18.5 Å². The molecule has 0 aliphatic heterocycles. The number of rotatable bonds is 7. The second kappa shape index (κ2) is 9.30. The van der Waals surface area contributed by atoms with Crippen molar-refractivity contribution in [3.05, 3.63) is 51.4 Å². The minimum Gasteiger partial charge on any atom is -0.497 e. The molecule has 31 heavy (non-hydrogen) atoms. The lowest BCUT2D eigenvalue weighted by molar-refractivity contribution is -0.147. The van der Waals surface area contributed by atoms with Crippen LogP contribution in [0.1, 0.15) is 29.7 Å². The van der Waals surface area contributed by atoms with Gasteiger partial charge >= 0.3 is 5.97 Å². The van der Waals surface area contributed by atoms with E-state index in [0.717, 1.165) is 36.1 Å². The number of carbonyl (C=O) groups excluding carboxylic acids is 2. The fourth-order valence-electron chi connectivity index (χ4n) is 3.64. The molecule has 0 bridgehead atoms. The Morgan fingerprint density at radius 1 is 1.19 bits per heavy atom. The molecule has 162 valence electrons. The van der Waals surface area contributed by atoms with E-state index >= 15 is 0 Å². The number of benzene rings is 1. The summed E-state index contributed by atoms with van der Waals surface area (Å²) in [7, 11) is 1.56. The van der Waals surface area contributed by atoms with Crippen LogP contribution in [0.5, 0.6) is 5.75 Å². The summed E-state index contributed by atoms with van der Waals surface area (Å²) in [4.78, 5) is 43.4. The van der Waals surface area contributed by atoms with Crippen LogP contribution in [0, 0.1) is 0 Å². The van der Waals surface area contributed by atoms with Crippen LogP contribution in [-0.2, 0) is 33.7 Å². The van der Waals surface area contributed by atoms with Gasteiger partial charge in [-0.2, -0.15) is 0 Å².